The summed E-state index contributed by atoms with van der Waals surface area (Å²) in [5, 5.41) is 0. The monoisotopic (exact) mass is 206 g/mol. The zero-order chi connectivity index (χ0) is 10.7. The fourth-order valence-electron chi connectivity index (χ4n) is 2.68. The van der Waals surface area contributed by atoms with Gasteiger partial charge in [0.15, 0.2) is 0 Å². The Kier molecular flexibility index (Phi) is 3.08. The lowest BCUT2D eigenvalue weighted by molar-refractivity contribution is 0.215. The lowest BCUT2D eigenvalue weighted by Crippen LogP contribution is -2.22. The van der Waals surface area contributed by atoms with Gasteiger partial charge >= 0.3 is 0 Å². The summed E-state index contributed by atoms with van der Waals surface area (Å²) in [7, 11) is 0. The molecule has 1 aliphatic carbocycles. The summed E-state index contributed by atoms with van der Waals surface area (Å²) in [6, 6.07) is 6.99. The zero-order valence-corrected chi connectivity index (χ0v) is 9.43. The van der Waals surface area contributed by atoms with Crippen molar-refractivity contribution in [3.8, 4) is 0 Å². The minimum Gasteiger partial charge on any atom is -0.207 e. The molecule has 0 spiro atoms. The van der Waals surface area contributed by atoms with Crippen LogP contribution in [0.25, 0.3) is 0 Å². The molecule has 0 saturated heterocycles. The predicted molar refractivity (Wildman–Crippen MR) is 61.3 cm³/mol. The fourth-order valence-corrected chi connectivity index (χ4v) is 2.68. The topological polar surface area (TPSA) is 0 Å². The summed E-state index contributed by atoms with van der Waals surface area (Å²) in [6.45, 7) is 2.37. The second-order valence-corrected chi connectivity index (χ2v) is 5.17. The molecular formula is C14H19F. The third-order valence-electron chi connectivity index (χ3n) is 3.60. The van der Waals surface area contributed by atoms with Gasteiger partial charge in [0.05, 0.1) is 0 Å². The van der Waals surface area contributed by atoms with Crippen LogP contribution in [0, 0.1) is 11.2 Å². The summed E-state index contributed by atoms with van der Waals surface area (Å²) < 4.78 is 12.8. The molecule has 0 aromatic heterocycles. The fraction of sp³-hybridized carbons (Fsp3) is 0.571. The van der Waals surface area contributed by atoms with Crippen molar-refractivity contribution in [2.24, 2.45) is 5.41 Å². The first-order chi connectivity index (χ1) is 7.18. The zero-order valence-electron chi connectivity index (χ0n) is 9.43. The molecule has 0 aliphatic heterocycles. The first-order valence-corrected chi connectivity index (χ1v) is 5.92. The molecule has 82 valence electrons. The first kappa shape index (κ1) is 10.7. The largest absolute Gasteiger partial charge is 0.207 e. The molecule has 15 heavy (non-hydrogen) atoms. The van der Waals surface area contributed by atoms with E-state index >= 15 is 0 Å². The van der Waals surface area contributed by atoms with Gasteiger partial charge in [-0.3, -0.25) is 0 Å². The van der Waals surface area contributed by atoms with Crippen LogP contribution >= 0.6 is 0 Å². The van der Waals surface area contributed by atoms with Crippen LogP contribution in [0.4, 0.5) is 4.39 Å². The molecule has 0 radical (unpaired) electrons. The smallest absolute Gasteiger partial charge is 0.123 e. The van der Waals surface area contributed by atoms with E-state index in [0.29, 0.717) is 5.41 Å². The number of hydrogen-bond donors (Lipinski definition) is 0. The quantitative estimate of drug-likeness (QED) is 0.675. The molecule has 0 heterocycles. The van der Waals surface area contributed by atoms with Crippen LogP contribution in [0.15, 0.2) is 24.3 Å². The van der Waals surface area contributed by atoms with Crippen LogP contribution in [0.2, 0.25) is 0 Å². The number of hydrogen-bond acceptors (Lipinski definition) is 0. The number of benzene rings is 1. The summed E-state index contributed by atoms with van der Waals surface area (Å²) >= 11 is 0. The molecule has 0 atom stereocenters. The van der Waals surface area contributed by atoms with Crippen LogP contribution in [0.1, 0.15) is 44.6 Å². The van der Waals surface area contributed by atoms with Gasteiger partial charge < -0.3 is 0 Å². The van der Waals surface area contributed by atoms with Gasteiger partial charge in [0.1, 0.15) is 5.82 Å². The van der Waals surface area contributed by atoms with Crippen LogP contribution in [0.3, 0.4) is 0 Å². The highest BCUT2D eigenvalue weighted by Crippen LogP contribution is 2.38. The Bertz CT molecular complexity index is 307. The van der Waals surface area contributed by atoms with Gasteiger partial charge in [0, 0.05) is 0 Å². The van der Waals surface area contributed by atoms with E-state index in [1.807, 2.05) is 12.1 Å². The van der Waals surface area contributed by atoms with Crippen LogP contribution < -0.4 is 0 Å². The Morgan fingerprint density at radius 2 is 1.67 bits per heavy atom. The molecule has 0 unspecified atom stereocenters. The Labute approximate surface area is 91.5 Å². The average molecular weight is 206 g/mol. The summed E-state index contributed by atoms with van der Waals surface area (Å²) in [5.41, 5.74) is 1.73. The Balaban J connectivity index is 2.03. The van der Waals surface area contributed by atoms with Crippen molar-refractivity contribution in [1.29, 1.82) is 0 Å². The SMILES string of the molecule is CC1(Cc2ccc(F)cc2)CCCCC1. The van der Waals surface area contributed by atoms with Gasteiger partial charge in [0.2, 0.25) is 0 Å². The molecule has 0 N–H and O–H groups in total. The minimum atomic E-state index is -0.132. The molecule has 0 amide bonds. The summed E-state index contributed by atoms with van der Waals surface area (Å²) in [4.78, 5) is 0. The summed E-state index contributed by atoms with van der Waals surface area (Å²) in [6.07, 6.45) is 7.86. The molecule has 1 saturated carbocycles. The molecule has 0 bridgehead atoms. The molecule has 0 nitrogen and oxygen atoms in total. The van der Waals surface area contributed by atoms with Crippen molar-refractivity contribution in [3.63, 3.8) is 0 Å². The highest BCUT2D eigenvalue weighted by molar-refractivity contribution is 5.17. The maximum atomic E-state index is 12.8. The molecule has 1 aromatic rings. The lowest BCUT2D eigenvalue weighted by Gasteiger charge is -2.33. The maximum Gasteiger partial charge on any atom is 0.123 e. The van der Waals surface area contributed by atoms with Gasteiger partial charge in [-0.15, -0.1) is 0 Å². The highest BCUT2D eigenvalue weighted by Gasteiger charge is 2.26. The van der Waals surface area contributed by atoms with Crippen molar-refractivity contribution in [3.05, 3.63) is 35.6 Å². The van der Waals surface area contributed by atoms with Gasteiger partial charge in [-0.1, -0.05) is 38.3 Å². The van der Waals surface area contributed by atoms with E-state index in [1.54, 1.807) is 12.1 Å². The third-order valence-corrected chi connectivity index (χ3v) is 3.60. The predicted octanol–water partition coefficient (Wildman–Crippen LogP) is 4.34. The van der Waals surface area contributed by atoms with E-state index in [9.17, 15) is 4.39 Å². The molecular weight excluding hydrogens is 187 g/mol. The van der Waals surface area contributed by atoms with Crippen LogP contribution in [-0.4, -0.2) is 0 Å². The van der Waals surface area contributed by atoms with Crippen molar-refractivity contribution in [2.75, 3.05) is 0 Å². The molecule has 2 rings (SSSR count). The third kappa shape index (κ3) is 2.80. The van der Waals surface area contributed by atoms with E-state index in [-0.39, 0.29) is 5.82 Å². The Morgan fingerprint density at radius 1 is 1.07 bits per heavy atom. The van der Waals surface area contributed by atoms with Crippen molar-refractivity contribution in [1.82, 2.24) is 0 Å². The molecule has 1 aromatic carbocycles. The van der Waals surface area contributed by atoms with Crippen molar-refractivity contribution >= 4 is 0 Å². The van der Waals surface area contributed by atoms with E-state index < -0.39 is 0 Å². The van der Waals surface area contributed by atoms with Crippen LogP contribution in [-0.2, 0) is 6.42 Å². The van der Waals surface area contributed by atoms with Crippen molar-refractivity contribution < 1.29 is 4.39 Å². The maximum absolute atomic E-state index is 12.8. The Hall–Kier alpha value is -0.850. The normalized spacial score (nSPS) is 20.1. The second kappa shape index (κ2) is 4.34. The van der Waals surface area contributed by atoms with E-state index in [4.69, 9.17) is 0 Å². The van der Waals surface area contributed by atoms with Gasteiger partial charge in [-0.25, -0.2) is 4.39 Å². The molecule has 1 aliphatic rings. The first-order valence-electron chi connectivity index (χ1n) is 5.92. The van der Waals surface area contributed by atoms with Gasteiger partial charge in [-0.2, -0.15) is 0 Å². The summed E-state index contributed by atoms with van der Waals surface area (Å²) in [5.74, 6) is -0.132. The van der Waals surface area contributed by atoms with Crippen LogP contribution in [0.5, 0.6) is 0 Å². The van der Waals surface area contributed by atoms with E-state index in [1.165, 1.54) is 37.7 Å². The second-order valence-electron chi connectivity index (χ2n) is 5.17. The highest BCUT2D eigenvalue weighted by atomic mass is 19.1. The van der Waals surface area contributed by atoms with Crippen molar-refractivity contribution in [2.45, 2.75) is 45.4 Å². The van der Waals surface area contributed by atoms with Gasteiger partial charge in [-0.05, 0) is 42.4 Å². The molecule has 1 heteroatoms. The lowest BCUT2D eigenvalue weighted by atomic mass is 9.72. The molecule has 1 fully saturated rings. The standard InChI is InChI=1S/C14H19F/c1-14(9-3-2-4-10-14)11-12-5-7-13(15)8-6-12/h5-8H,2-4,9-11H2,1H3. The average Bonchev–Trinajstić information content (AvgIpc) is 2.22. The van der Waals surface area contributed by atoms with E-state index in [2.05, 4.69) is 6.92 Å². The minimum absolute atomic E-state index is 0.132. The Morgan fingerprint density at radius 3 is 2.27 bits per heavy atom. The van der Waals surface area contributed by atoms with Gasteiger partial charge in [0.25, 0.3) is 0 Å². The number of halogens is 1. The number of rotatable bonds is 2. The van der Waals surface area contributed by atoms with E-state index in [0.717, 1.165) is 6.42 Å².